The fourth-order valence-corrected chi connectivity index (χ4v) is 4.59. The van der Waals surface area contributed by atoms with Crippen molar-refractivity contribution < 1.29 is 9.53 Å². The standard InChI is InChI=1S/C19H24N4O2/c1-23-12-21-11-15(23)18(24)22-16-13-5-3-4-6-14(13)19(17(16)25-2)7-9-20-10-8-19/h3-6,11-12,16-17,20H,7-10H2,1-2H3,(H,22,24)/t16-,17+/m0/s1. The Balaban J connectivity index is 1.72. The van der Waals surface area contributed by atoms with Crippen molar-refractivity contribution in [2.75, 3.05) is 20.2 Å². The van der Waals surface area contributed by atoms with Crippen molar-refractivity contribution in [3.05, 3.63) is 53.6 Å². The Morgan fingerprint density at radius 2 is 2.12 bits per heavy atom. The number of hydrogen-bond donors (Lipinski definition) is 2. The number of benzene rings is 1. The normalized spacial score (nSPS) is 24.2. The van der Waals surface area contributed by atoms with Gasteiger partial charge < -0.3 is 19.9 Å². The number of imidazole rings is 1. The molecule has 1 spiro atoms. The second-order valence-corrected chi connectivity index (χ2v) is 6.99. The van der Waals surface area contributed by atoms with Crippen LogP contribution in [0.1, 0.15) is 40.5 Å². The Morgan fingerprint density at radius 1 is 1.36 bits per heavy atom. The van der Waals surface area contributed by atoms with Gasteiger partial charge in [0.1, 0.15) is 5.69 Å². The summed E-state index contributed by atoms with van der Waals surface area (Å²) in [6.07, 6.45) is 5.20. The van der Waals surface area contributed by atoms with Gasteiger partial charge in [0.05, 0.1) is 24.7 Å². The van der Waals surface area contributed by atoms with Gasteiger partial charge in [-0.05, 0) is 37.1 Å². The number of nitrogens with one attached hydrogen (secondary N) is 2. The van der Waals surface area contributed by atoms with E-state index in [1.807, 2.05) is 13.1 Å². The first-order valence-corrected chi connectivity index (χ1v) is 8.77. The molecule has 132 valence electrons. The van der Waals surface area contributed by atoms with Gasteiger partial charge in [0.2, 0.25) is 0 Å². The summed E-state index contributed by atoms with van der Waals surface area (Å²) >= 11 is 0. The molecule has 1 aromatic carbocycles. The third-order valence-electron chi connectivity index (χ3n) is 5.77. The van der Waals surface area contributed by atoms with Crippen LogP contribution < -0.4 is 10.6 Å². The van der Waals surface area contributed by atoms with Gasteiger partial charge in [-0.1, -0.05) is 24.3 Å². The number of fused-ring (bicyclic) bond motifs is 2. The lowest BCUT2D eigenvalue weighted by Crippen LogP contribution is -2.49. The van der Waals surface area contributed by atoms with E-state index in [1.165, 1.54) is 11.1 Å². The van der Waals surface area contributed by atoms with Crippen LogP contribution in [-0.2, 0) is 17.2 Å². The smallest absolute Gasteiger partial charge is 0.270 e. The molecule has 25 heavy (non-hydrogen) atoms. The van der Waals surface area contributed by atoms with Gasteiger partial charge in [-0.2, -0.15) is 0 Å². The van der Waals surface area contributed by atoms with E-state index in [1.54, 1.807) is 24.2 Å². The summed E-state index contributed by atoms with van der Waals surface area (Å²) in [5.74, 6) is -0.118. The van der Waals surface area contributed by atoms with E-state index in [9.17, 15) is 4.79 Å². The van der Waals surface area contributed by atoms with E-state index in [-0.39, 0.29) is 23.5 Å². The zero-order valence-electron chi connectivity index (χ0n) is 14.7. The largest absolute Gasteiger partial charge is 0.378 e. The first-order valence-electron chi connectivity index (χ1n) is 8.77. The molecule has 2 heterocycles. The number of methoxy groups -OCH3 is 1. The Bertz CT molecular complexity index is 779. The number of aromatic nitrogens is 2. The van der Waals surface area contributed by atoms with Crippen molar-refractivity contribution in [1.82, 2.24) is 20.2 Å². The molecule has 1 aromatic heterocycles. The maximum atomic E-state index is 12.8. The summed E-state index contributed by atoms with van der Waals surface area (Å²) in [4.78, 5) is 16.8. The molecule has 2 N–H and O–H groups in total. The van der Waals surface area contributed by atoms with Crippen LogP contribution in [0.3, 0.4) is 0 Å². The molecule has 4 rings (SSSR count). The van der Waals surface area contributed by atoms with E-state index < -0.39 is 0 Å². The van der Waals surface area contributed by atoms with Crippen molar-refractivity contribution in [2.45, 2.75) is 30.4 Å². The van der Waals surface area contributed by atoms with Crippen LogP contribution in [0.25, 0.3) is 0 Å². The fraction of sp³-hybridized carbons (Fsp3) is 0.474. The Hall–Kier alpha value is -2.18. The van der Waals surface area contributed by atoms with E-state index in [4.69, 9.17) is 4.74 Å². The predicted octanol–water partition coefficient (Wildman–Crippen LogP) is 1.54. The topological polar surface area (TPSA) is 68.2 Å². The minimum absolute atomic E-state index is 0.0407. The lowest BCUT2D eigenvalue weighted by Gasteiger charge is -2.40. The van der Waals surface area contributed by atoms with Crippen LogP contribution in [0, 0.1) is 0 Å². The van der Waals surface area contributed by atoms with E-state index in [2.05, 4.69) is 33.8 Å². The van der Waals surface area contributed by atoms with Crippen LogP contribution >= 0.6 is 0 Å². The summed E-state index contributed by atoms with van der Waals surface area (Å²) in [7, 11) is 3.58. The second kappa shape index (κ2) is 6.28. The average Bonchev–Trinajstić information content (AvgIpc) is 3.17. The molecule has 2 atom stereocenters. The van der Waals surface area contributed by atoms with E-state index in [0.717, 1.165) is 25.9 Å². The SMILES string of the molecule is CO[C@@H]1[C@@H](NC(=O)c2cncn2C)c2ccccc2C12CCNCC2. The van der Waals surface area contributed by atoms with Crippen LogP contribution in [0.15, 0.2) is 36.8 Å². The number of amides is 1. The summed E-state index contributed by atoms with van der Waals surface area (Å²) < 4.78 is 7.72. The van der Waals surface area contributed by atoms with Crippen molar-refractivity contribution in [2.24, 2.45) is 7.05 Å². The van der Waals surface area contributed by atoms with Gasteiger partial charge in [0.25, 0.3) is 5.91 Å². The van der Waals surface area contributed by atoms with Crippen LogP contribution in [0.2, 0.25) is 0 Å². The van der Waals surface area contributed by atoms with Crippen molar-refractivity contribution in [3.63, 3.8) is 0 Å². The highest BCUT2D eigenvalue weighted by atomic mass is 16.5. The average molecular weight is 340 g/mol. The minimum Gasteiger partial charge on any atom is -0.378 e. The maximum absolute atomic E-state index is 12.8. The highest BCUT2D eigenvalue weighted by molar-refractivity contribution is 5.92. The molecule has 1 saturated heterocycles. The molecule has 2 aliphatic rings. The lowest BCUT2D eigenvalue weighted by molar-refractivity contribution is 0.00389. The maximum Gasteiger partial charge on any atom is 0.270 e. The highest BCUT2D eigenvalue weighted by Crippen LogP contribution is 2.51. The summed E-state index contributed by atoms with van der Waals surface area (Å²) in [5, 5.41) is 6.65. The molecule has 1 aliphatic carbocycles. The number of carbonyl (C=O) groups is 1. The van der Waals surface area contributed by atoms with Crippen LogP contribution in [-0.4, -0.2) is 41.8 Å². The number of carbonyl (C=O) groups excluding carboxylic acids is 1. The molecule has 0 unspecified atom stereocenters. The number of nitrogens with zero attached hydrogens (tertiary/aromatic N) is 2. The number of piperidine rings is 1. The van der Waals surface area contributed by atoms with E-state index in [0.29, 0.717) is 5.69 Å². The first-order chi connectivity index (χ1) is 12.2. The summed E-state index contributed by atoms with van der Waals surface area (Å²) in [6.45, 7) is 1.94. The quantitative estimate of drug-likeness (QED) is 0.889. The molecule has 1 aliphatic heterocycles. The third-order valence-corrected chi connectivity index (χ3v) is 5.77. The molecule has 0 saturated carbocycles. The summed E-state index contributed by atoms with van der Waals surface area (Å²) in [6, 6.07) is 8.28. The zero-order valence-corrected chi connectivity index (χ0v) is 14.7. The van der Waals surface area contributed by atoms with Gasteiger partial charge in [-0.25, -0.2) is 4.98 Å². The molecule has 1 amide bonds. The second-order valence-electron chi connectivity index (χ2n) is 6.99. The number of aryl methyl sites for hydroxylation is 1. The molecule has 2 aromatic rings. The Labute approximate surface area is 147 Å². The molecule has 0 bridgehead atoms. The van der Waals surface area contributed by atoms with Crippen molar-refractivity contribution in [1.29, 1.82) is 0 Å². The zero-order chi connectivity index (χ0) is 17.4. The van der Waals surface area contributed by atoms with Crippen LogP contribution in [0.5, 0.6) is 0 Å². The minimum atomic E-state index is -0.151. The van der Waals surface area contributed by atoms with Crippen LogP contribution in [0.4, 0.5) is 0 Å². The molecule has 6 nitrogen and oxygen atoms in total. The van der Waals surface area contributed by atoms with Gasteiger partial charge in [0.15, 0.2) is 0 Å². The van der Waals surface area contributed by atoms with Gasteiger partial charge in [0, 0.05) is 19.6 Å². The lowest BCUT2D eigenvalue weighted by atomic mass is 9.72. The molecule has 0 radical (unpaired) electrons. The Morgan fingerprint density at radius 3 is 2.80 bits per heavy atom. The first kappa shape index (κ1) is 16.3. The van der Waals surface area contributed by atoms with Gasteiger partial charge in [-0.15, -0.1) is 0 Å². The third kappa shape index (κ3) is 2.48. The van der Waals surface area contributed by atoms with Gasteiger partial charge >= 0.3 is 0 Å². The Kier molecular flexibility index (Phi) is 4.09. The molecule has 1 fully saturated rings. The predicted molar refractivity (Wildman–Crippen MR) is 94.4 cm³/mol. The van der Waals surface area contributed by atoms with Gasteiger partial charge in [-0.3, -0.25) is 4.79 Å². The fourth-order valence-electron chi connectivity index (χ4n) is 4.59. The molecule has 6 heteroatoms. The van der Waals surface area contributed by atoms with Crippen molar-refractivity contribution in [3.8, 4) is 0 Å². The van der Waals surface area contributed by atoms with E-state index >= 15 is 0 Å². The van der Waals surface area contributed by atoms with Crippen molar-refractivity contribution >= 4 is 5.91 Å². The highest BCUT2D eigenvalue weighted by Gasteiger charge is 2.53. The summed E-state index contributed by atoms with van der Waals surface area (Å²) in [5.41, 5.74) is 3.00. The number of rotatable bonds is 3. The molecular formula is C19H24N4O2. The monoisotopic (exact) mass is 340 g/mol. The number of hydrogen-bond acceptors (Lipinski definition) is 4. The number of ether oxygens (including phenoxy) is 1. The molecular weight excluding hydrogens is 316 g/mol.